The SMILES string of the molecule is CCC1COC(C)CN1CC1CCC(C(=O)NN)O1. The van der Waals surface area contributed by atoms with Crippen LogP contribution in [0.4, 0.5) is 0 Å². The van der Waals surface area contributed by atoms with Crippen LogP contribution in [0.5, 0.6) is 0 Å². The first-order chi connectivity index (χ1) is 9.13. The summed E-state index contributed by atoms with van der Waals surface area (Å²) in [5.74, 6) is 4.92. The molecule has 0 aromatic carbocycles. The summed E-state index contributed by atoms with van der Waals surface area (Å²) >= 11 is 0. The van der Waals surface area contributed by atoms with Gasteiger partial charge in [-0.1, -0.05) is 6.92 Å². The van der Waals surface area contributed by atoms with Crippen molar-refractivity contribution in [2.24, 2.45) is 5.84 Å². The summed E-state index contributed by atoms with van der Waals surface area (Å²) in [4.78, 5) is 13.9. The second-order valence-electron chi connectivity index (χ2n) is 5.49. The maximum atomic E-state index is 11.4. The number of morpholine rings is 1. The Bertz CT molecular complexity index is 314. The molecular weight excluding hydrogens is 246 g/mol. The Kier molecular flexibility index (Phi) is 5.15. The quantitative estimate of drug-likeness (QED) is 0.428. The van der Waals surface area contributed by atoms with E-state index in [1.165, 1.54) is 0 Å². The van der Waals surface area contributed by atoms with Gasteiger partial charge in [0.1, 0.15) is 6.10 Å². The molecule has 2 saturated heterocycles. The highest BCUT2D eigenvalue weighted by atomic mass is 16.5. The van der Waals surface area contributed by atoms with Crippen LogP contribution in [0.2, 0.25) is 0 Å². The van der Waals surface area contributed by atoms with E-state index in [1.54, 1.807) is 0 Å². The van der Waals surface area contributed by atoms with Crippen LogP contribution < -0.4 is 11.3 Å². The molecule has 2 aliphatic rings. The zero-order chi connectivity index (χ0) is 13.8. The van der Waals surface area contributed by atoms with Gasteiger partial charge in [0.05, 0.1) is 18.8 Å². The van der Waals surface area contributed by atoms with Crippen LogP contribution in [0.3, 0.4) is 0 Å². The molecule has 4 atom stereocenters. The molecule has 0 aromatic heterocycles. The minimum Gasteiger partial charge on any atom is -0.376 e. The molecule has 6 nitrogen and oxygen atoms in total. The molecule has 0 spiro atoms. The van der Waals surface area contributed by atoms with Crippen molar-refractivity contribution in [2.75, 3.05) is 19.7 Å². The monoisotopic (exact) mass is 271 g/mol. The third-order valence-electron chi connectivity index (χ3n) is 4.03. The summed E-state index contributed by atoms with van der Waals surface area (Å²) in [5.41, 5.74) is 2.16. The number of amides is 1. The lowest BCUT2D eigenvalue weighted by molar-refractivity contribution is -0.133. The number of carbonyl (C=O) groups is 1. The smallest absolute Gasteiger partial charge is 0.263 e. The van der Waals surface area contributed by atoms with Crippen molar-refractivity contribution >= 4 is 5.91 Å². The first-order valence-corrected chi connectivity index (χ1v) is 7.15. The highest BCUT2D eigenvalue weighted by Gasteiger charge is 2.34. The van der Waals surface area contributed by atoms with Gasteiger partial charge in [-0.25, -0.2) is 5.84 Å². The van der Waals surface area contributed by atoms with E-state index in [4.69, 9.17) is 15.3 Å². The second-order valence-corrected chi connectivity index (χ2v) is 5.49. The molecule has 110 valence electrons. The van der Waals surface area contributed by atoms with Crippen LogP contribution in [-0.2, 0) is 14.3 Å². The first kappa shape index (κ1) is 14.7. The number of carbonyl (C=O) groups excluding carboxylic acids is 1. The van der Waals surface area contributed by atoms with Crippen molar-refractivity contribution in [2.45, 2.75) is 57.5 Å². The van der Waals surface area contributed by atoms with Crippen LogP contribution in [0.25, 0.3) is 0 Å². The van der Waals surface area contributed by atoms with Gasteiger partial charge in [0, 0.05) is 19.1 Å². The number of rotatable bonds is 4. The predicted molar refractivity (Wildman–Crippen MR) is 71.3 cm³/mol. The summed E-state index contributed by atoms with van der Waals surface area (Å²) in [7, 11) is 0. The molecule has 6 heteroatoms. The molecule has 2 fully saturated rings. The highest BCUT2D eigenvalue weighted by Crippen LogP contribution is 2.23. The summed E-state index contributed by atoms with van der Waals surface area (Å²) in [6.07, 6.45) is 2.76. The number of nitrogens with zero attached hydrogens (tertiary/aromatic N) is 1. The second kappa shape index (κ2) is 6.65. The van der Waals surface area contributed by atoms with E-state index < -0.39 is 0 Å². The average Bonchev–Trinajstić information content (AvgIpc) is 2.86. The lowest BCUT2D eigenvalue weighted by atomic mass is 10.1. The molecule has 2 aliphatic heterocycles. The number of ether oxygens (including phenoxy) is 2. The van der Waals surface area contributed by atoms with Crippen LogP contribution >= 0.6 is 0 Å². The molecule has 2 heterocycles. The lowest BCUT2D eigenvalue weighted by Gasteiger charge is -2.39. The van der Waals surface area contributed by atoms with E-state index in [1.807, 2.05) is 0 Å². The molecule has 19 heavy (non-hydrogen) atoms. The molecule has 0 radical (unpaired) electrons. The Morgan fingerprint density at radius 3 is 2.95 bits per heavy atom. The average molecular weight is 271 g/mol. The zero-order valence-corrected chi connectivity index (χ0v) is 11.8. The minimum absolute atomic E-state index is 0.127. The summed E-state index contributed by atoms with van der Waals surface area (Å²) in [6, 6.07) is 0.460. The lowest BCUT2D eigenvalue weighted by Crippen LogP contribution is -2.51. The third-order valence-corrected chi connectivity index (χ3v) is 4.03. The van der Waals surface area contributed by atoms with Crippen LogP contribution in [0.1, 0.15) is 33.1 Å². The van der Waals surface area contributed by atoms with E-state index >= 15 is 0 Å². The van der Waals surface area contributed by atoms with Crippen LogP contribution in [-0.4, -0.2) is 54.9 Å². The van der Waals surface area contributed by atoms with Gasteiger partial charge >= 0.3 is 0 Å². The molecule has 0 bridgehead atoms. The predicted octanol–water partition coefficient (Wildman–Crippen LogP) is 0.0232. The topological polar surface area (TPSA) is 76.8 Å². The molecular formula is C13H25N3O3. The highest BCUT2D eigenvalue weighted by molar-refractivity contribution is 5.80. The Balaban J connectivity index is 1.85. The Morgan fingerprint density at radius 2 is 2.26 bits per heavy atom. The van der Waals surface area contributed by atoms with Crippen molar-refractivity contribution in [3.8, 4) is 0 Å². The number of nitrogens with two attached hydrogens (primary N) is 1. The Morgan fingerprint density at radius 1 is 1.47 bits per heavy atom. The van der Waals surface area contributed by atoms with Gasteiger partial charge in [0.15, 0.2) is 0 Å². The molecule has 1 amide bonds. The Hall–Kier alpha value is -0.690. The van der Waals surface area contributed by atoms with Crippen molar-refractivity contribution in [1.82, 2.24) is 10.3 Å². The van der Waals surface area contributed by atoms with Crippen LogP contribution in [0, 0.1) is 0 Å². The molecule has 2 rings (SSSR count). The minimum atomic E-state index is -0.381. The fourth-order valence-corrected chi connectivity index (χ4v) is 2.90. The van der Waals surface area contributed by atoms with Gasteiger partial charge in [-0.2, -0.15) is 0 Å². The van der Waals surface area contributed by atoms with E-state index in [0.29, 0.717) is 6.04 Å². The summed E-state index contributed by atoms with van der Waals surface area (Å²) < 4.78 is 11.5. The van der Waals surface area contributed by atoms with Gasteiger partial charge in [0.25, 0.3) is 5.91 Å². The molecule has 0 saturated carbocycles. The fourth-order valence-electron chi connectivity index (χ4n) is 2.90. The van der Waals surface area contributed by atoms with Gasteiger partial charge in [-0.05, 0) is 26.2 Å². The van der Waals surface area contributed by atoms with Crippen molar-refractivity contribution in [1.29, 1.82) is 0 Å². The van der Waals surface area contributed by atoms with Gasteiger partial charge < -0.3 is 9.47 Å². The molecule has 3 N–H and O–H groups in total. The zero-order valence-electron chi connectivity index (χ0n) is 11.8. The van der Waals surface area contributed by atoms with Crippen molar-refractivity contribution < 1.29 is 14.3 Å². The third kappa shape index (κ3) is 3.66. The standard InChI is InChI=1S/C13H25N3O3/c1-3-10-8-18-9(2)6-16(10)7-11-4-5-12(19-11)13(17)15-14/h9-12H,3-8,14H2,1-2H3,(H,15,17). The van der Waals surface area contributed by atoms with E-state index in [-0.39, 0.29) is 24.2 Å². The Labute approximate surface area is 114 Å². The van der Waals surface area contributed by atoms with Gasteiger partial charge in [0.2, 0.25) is 0 Å². The maximum absolute atomic E-state index is 11.4. The van der Waals surface area contributed by atoms with E-state index in [9.17, 15) is 4.79 Å². The van der Waals surface area contributed by atoms with Gasteiger partial charge in [-0.15, -0.1) is 0 Å². The van der Waals surface area contributed by atoms with E-state index in [0.717, 1.165) is 39.0 Å². The number of hydrazine groups is 1. The summed E-state index contributed by atoms with van der Waals surface area (Å²) in [6.45, 7) is 6.88. The normalized spacial score (nSPS) is 36.4. The van der Waals surface area contributed by atoms with Gasteiger partial charge in [-0.3, -0.25) is 15.1 Å². The van der Waals surface area contributed by atoms with Crippen molar-refractivity contribution in [3.63, 3.8) is 0 Å². The fraction of sp³-hybridized carbons (Fsp3) is 0.923. The molecule has 4 unspecified atom stereocenters. The summed E-state index contributed by atoms with van der Waals surface area (Å²) in [5, 5.41) is 0. The molecule has 0 aliphatic carbocycles. The van der Waals surface area contributed by atoms with Crippen molar-refractivity contribution in [3.05, 3.63) is 0 Å². The number of hydrogen-bond acceptors (Lipinski definition) is 5. The largest absolute Gasteiger partial charge is 0.376 e. The molecule has 0 aromatic rings. The van der Waals surface area contributed by atoms with E-state index in [2.05, 4.69) is 24.2 Å². The maximum Gasteiger partial charge on any atom is 0.263 e. The number of nitrogens with one attached hydrogen (secondary N) is 1. The first-order valence-electron chi connectivity index (χ1n) is 7.15. The number of hydrogen-bond donors (Lipinski definition) is 2. The van der Waals surface area contributed by atoms with Crippen LogP contribution in [0.15, 0.2) is 0 Å².